The standard InChI is InChI=1S/C13H18N4O2/c1-8(2)5-10-6-11(16-15-10)13-14-12(17-19-13)9-3-4-18-7-9/h6,8-9H,3-5,7H2,1-2H3,(H,15,16)/t9-/m0/s1. The van der Waals surface area contributed by atoms with Crippen LogP contribution >= 0.6 is 0 Å². The van der Waals surface area contributed by atoms with E-state index in [1.807, 2.05) is 6.07 Å². The van der Waals surface area contributed by atoms with Gasteiger partial charge in [-0.3, -0.25) is 5.10 Å². The van der Waals surface area contributed by atoms with E-state index in [9.17, 15) is 0 Å². The molecule has 19 heavy (non-hydrogen) atoms. The minimum Gasteiger partial charge on any atom is -0.381 e. The molecule has 6 heteroatoms. The highest BCUT2D eigenvalue weighted by Crippen LogP contribution is 2.25. The van der Waals surface area contributed by atoms with Gasteiger partial charge in [-0.05, 0) is 24.8 Å². The number of hydrogen-bond donors (Lipinski definition) is 1. The molecule has 0 saturated carbocycles. The van der Waals surface area contributed by atoms with E-state index in [2.05, 4.69) is 34.2 Å². The maximum atomic E-state index is 5.33. The first-order chi connectivity index (χ1) is 9.22. The zero-order chi connectivity index (χ0) is 13.2. The lowest BCUT2D eigenvalue weighted by atomic mass is 10.1. The lowest BCUT2D eigenvalue weighted by Gasteiger charge is -1.98. The molecule has 1 fully saturated rings. The van der Waals surface area contributed by atoms with Crippen molar-refractivity contribution in [3.63, 3.8) is 0 Å². The monoisotopic (exact) mass is 262 g/mol. The first kappa shape index (κ1) is 12.3. The van der Waals surface area contributed by atoms with Crippen molar-refractivity contribution in [3.8, 4) is 11.6 Å². The van der Waals surface area contributed by atoms with Crippen molar-refractivity contribution in [3.05, 3.63) is 17.6 Å². The van der Waals surface area contributed by atoms with E-state index in [0.717, 1.165) is 31.0 Å². The smallest absolute Gasteiger partial charge is 0.278 e. The average Bonchev–Trinajstić information content (AvgIpc) is 3.09. The summed E-state index contributed by atoms with van der Waals surface area (Å²) in [5.41, 5.74) is 1.81. The number of H-pyrrole nitrogens is 1. The maximum Gasteiger partial charge on any atom is 0.278 e. The van der Waals surface area contributed by atoms with Crippen molar-refractivity contribution in [1.29, 1.82) is 0 Å². The molecular weight excluding hydrogens is 244 g/mol. The number of nitrogens with one attached hydrogen (secondary N) is 1. The van der Waals surface area contributed by atoms with E-state index in [0.29, 0.717) is 24.1 Å². The van der Waals surface area contributed by atoms with Crippen molar-refractivity contribution in [2.24, 2.45) is 5.92 Å². The number of ether oxygens (including phenoxy) is 1. The molecule has 0 spiro atoms. The van der Waals surface area contributed by atoms with Crippen molar-refractivity contribution in [2.45, 2.75) is 32.6 Å². The molecule has 2 aromatic heterocycles. The highest BCUT2D eigenvalue weighted by atomic mass is 16.5. The molecule has 3 heterocycles. The summed E-state index contributed by atoms with van der Waals surface area (Å²) in [4.78, 5) is 4.41. The Morgan fingerprint density at radius 1 is 1.47 bits per heavy atom. The first-order valence-electron chi connectivity index (χ1n) is 6.68. The summed E-state index contributed by atoms with van der Waals surface area (Å²) in [5.74, 6) is 2.04. The second kappa shape index (κ2) is 5.13. The van der Waals surface area contributed by atoms with Crippen molar-refractivity contribution in [2.75, 3.05) is 13.2 Å². The van der Waals surface area contributed by atoms with Crippen LogP contribution in [0.5, 0.6) is 0 Å². The Balaban J connectivity index is 1.76. The van der Waals surface area contributed by atoms with Crippen LogP contribution in [0, 0.1) is 5.92 Å². The van der Waals surface area contributed by atoms with Gasteiger partial charge in [0.1, 0.15) is 0 Å². The topological polar surface area (TPSA) is 76.8 Å². The van der Waals surface area contributed by atoms with Crippen LogP contribution in [0.2, 0.25) is 0 Å². The Hall–Kier alpha value is -1.69. The summed E-state index contributed by atoms with van der Waals surface area (Å²) in [5, 5.41) is 11.3. The van der Waals surface area contributed by atoms with Crippen LogP contribution < -0.4 is 0 Å². The van der Waals surface area contributed by atoms with Crippen LogP contribution in [0.15, 0.2) is 10.6 Å². The SMILES string of the molecule is CC(C)Cc1cc(-c2nc([C@H]3CCOC3)no2)n[nH]1. The summed E-state index contributed by atoms with van der Waals surface area (Å²) in [6.45, 7) is 5.80. The fourth-order valence-electron chi connectivity index (χ4n) is 2.26. The van der Waals surface area contributed by atoms with Gasteiger partial charge in [-0.25, -0.2) is 0 Å². The second-order valence-electron chi connectivity index (χ2n) is 5.39. The molecule has 1 aliphatic rings. The molecule has 1 atom stereocenters. The van der Waals surface area contributed by atoms with Crippen LogP contribution in [0.1, 0.15) is 37.7 Å². The van der Waals surface area contributed by atoms with Crippen LogP contribution in [-0.2, 0) is 11.2 Å². The van der Waals surface area contributed by atoms with E-state index in [4.69, 9.17) is 9.26 Å². The molecule has 0 amide bonds. The van der Waals surface area contributed by atoms with Gasteiger partial charge in [0, 0.05) is 18.2 Å². The lowest BCUT2D eigenvalue weighted by molar-refractivity contribution is 0.192. The van der Waals surface area contributed by atoms with Crippen LogP contribution in [-0.4, -0.2) is 33.6 Å². The quantitative estimate of drug-likeness (QED) is 0.913. The second-order valence-corrected chi connectivity index (χ2v) is 5.39. The normalized spacial score (nSPS) is 19.4. The Bertz CT molecular complexity index is 540. The average molecular weight is 262 g/mol. The van der Waals surface area contributed by atoms with Gasteiger partial charge < -0.3 is 9.26 Å². The molecule has 1 saturated heterocycles. The first-order valence-corrected chi connectivity index (χ1v) is 6.68. The minimum absolute atomic E-state index is 0.256. The highest BCUT2D eigenvalue weighted by molar-refractivity contribution is 5.46. The van der Waals surface area contributed by atoms with Crippen LogP contribution in [0.4, 0.5) is 0 Å². The number of hydrogen-bond acceptors (Lipinski definition) is 5. The fourth-order valence-corrected chi connectivity index (χ4v) is 2.26. The third-order valence-corrected chi connectivity index (χ3v) is 3.21. The molecule has 102 valence electrons. The van der Waals surface area contributed by atoms with Gasteiger partial charge in [-0.1, -0.05) is 19.0 Å². The zero-order valence-electron chi connectivity index (χ0n) is 11.2. The number of aromatic nitrogens is 4. The van der Waals surface area contributed by atoms with Crippen molar-refractivity contribution < 1.29 is 9.26 Å². The van der Waals surface area contributed by atoms with Crippen LogP contribution in [0.25, 0.3) is 11.6 Å². The Morgan fingerprint density at radius 3 is 3.11 bits per heavy atom. The summed E-state index contributed by atoms with van der Waals surface area (Å²) in [7, 11) is 0. The zero-order valence-corrected chi connectivity index (χ0v) is 11.2. The molecule has 6 nitrogen and oxygen atoms in total. The van der Waals surface area contributed by atoms with Gasteiger partial charge in [0.05, 0.1) is 6.61 Å². The van der Waals surface area contributed by atoms with Crippen LogP contribution in [0.3, 0.4) is 0 Å². The molecule has 0 aliphatic carbocycles. The van der Waals surface area contributed by atoms with Gasteiger partial charge in [0.15, 0.2) is 11.5 Å². The third-order valence-electron chi connectivity index (χ3n) is 3.21. The maximum absolute atomic E-state index is 5.33. The summed E-state index contributed by atoms with van der Waals surface area (Å²) >= 11 is 0. The fraction of sp³-hybridized carbons (Fsp3) is 0.615. The molecule has 1 N–H and O–H groups in total. The predicted molar refractivity (Wildman–Crippen MR) is 68.6 cm³/mol. The highest BCUT2D eigenvalue weighted by Gasteiger charge is 2.24. The van der Waals surface area contributed by atoms with E-state index >= 15 is 0 Å². The molecule has 0 bridgehead atoms. The summed E-state index contributed by atoms with van der Waals surface area (Å²) in [6.07, 6.45) is 1.92. The molecule has 1 aliphatic heterocycles. The molecule has 2 aromatic rings. The Labute approximate surface area is 111 Å². The van der Waals surface area contributed by atoms with E-state index in [1.54, 1.807) is 0 Å². The number of nitrogens with zero attached hydrogens (tertiary/aromatic N) is 3. The van der Waals surface area contributed by atoms with Gasteiger partial charge >= 0.3 is 0 Å². The van der Waals surface area contributed by atoms with Crippen molar-refractivity contribution in [1.82, 2.24) is 20.3 Å². The van der Waals surface area contributed by atoms with Gasteiger partial charge in [-0.2, -0.15) is 10.1 Å². The molecule has 0 aromatic carbocycles. The van der Waals surface area contributed by atoms with Crippen molar-refractivity contribution >= 4 is 0 Å². The van der Waals surface area contributed by atoms with E-state index < -0.39 is 0 Å². The Kier molecular flexibility index (Phi) is 3.33. The van der Waals surface area contributed by atoms with Gasteiger partial charge in [0.25, 0.3) is 5.89 Å². The molecule has 3 rings (SSSR count). The molecule has 0 radical (unpaired) electrons. The number of rotatable bonds is 4. The lowest BCUT2D eigenvalue weighted by Crippen LogP contribution is -1.99. The third kappa shape index (κ3) is 2.68. The minimum atomic E-state index is 0.256. The van der Waals surface area contributed by atoms with Gasteiger partial charge in [-0.15, -0.1) is 0 Å². The predicted octanol–water partition coefficient (Wildman–Crippen LogP) is 2.16. The van der Waals surface area contributed by atoms with E-state index in [-0.39, 0.29) is 5.92 Å². The Morgan fingerprint density at radius 2 is 2.37 bits per heavy atom. The van der Waals surface area contributed by atoms with Gasteiger partial charge in [0.2, 0.25) is 0 Å². The number of aromatic amines is 1. The largest absolute Gasteiger partial charge is 0.381 e. The molecule has 0 unspecified atom stereocenters. The van der Waals surface area contributed by atoms with E-state index in [1.165, 1.54) is 0 Å². The summed E-state index contributed by atoms with van der Waals surface area (Å²) < 4.78 is 10.6. The summed E-state index contributed by atoms with van der Waals surface area (Å²) in [6, 6.07) is 1.97. The molecular formula is C13H18N4O2.